The number of aromatic amines is 1. The number of hydrogen-bond donors (Lipinski definition) is 2. The highest BCUT2D eigenvalue weighted by Crippen LogP contribution is 2.33. The molecule has 0 aliphatic carbocycles. The minimum atomic E-state index is -4.70. The van der Waals surface area contributed by atoms with Crippen LogP contribution in [0.5, 0.6) is 0 Å². The molecule has 1 atom stereocenters. The van der Waals surface area contributed by atoms with Crippen molar-refractivity contribution in [3.63, 3.8) is 0 Å². The standard InChI is InChI=1S/C9H7F3N4O/c10-9(11,12)7(17)5-2-1-3-6(4-5)8-13-15-16-14-8/h1-4,7,17H,(H,13,14,15,16)/t7-/m0/s1. The van der Waals surface area contributed by atoms with Gasteiger partial charge in [-0.15, -0.1) is 10.2 Å². The maximum atomic E-state index is 12.3. The Morgan fingerprint density at radius 1 is 1.29 bits per heavy atom. The lowest BCUT2D eigenvalue weighted by Crippen LogP contribution is -2.20. The van der Waals surface area contributed by atoms with Crippen molar-refractivity contribution in [2.75, 3.05) is 0 Å². The van der Waals surface area contributed by atoms with Gasteiger partial charge in [-0.25, -0.2) is 0 Å². The van der Waals surface area contributed by atoms with E-state index >= 15 is 0 Å². The van der Waals surface area contributed by atoms with E-state index in [0.717, 1.165) is 0 Å². The third-order valence-corrected chi connectivity index (χ3v) is 2.12. The van der Waals surface area contributed by atoms with Crippen LogP contribution in [0, 0.1) is 0 Å². The van der Waals surface area contributed by atoms with Gasteiger partial charge in [-0.3, -0.25) is 0 Å². The Morgan fingerprint density at radius 2 is 2.06 bits per heavy atom. The number of nitrogens with zero attached hydrogens (tertiary/aromatic N) is 3. The molecule has 17 heavy (non-hydrogen) atoms. The van der Waals surface area contributed by atoms with E-state index in [1.807, 2.05) is 0 Å². The zero-order chi connectivity index (χ0) is 12.5. The molecule has 0 aliphatic heterocycles. The zero-order valence-corrected chi connectivity index (χ0v) is 8.31. The monoisotopic (exact) mass is 244 g/mol. The Morgan fingerprint density at radius 3 is 2.65 bits per heavy atom. The fraction of sp³-hybridized carbons (Fsp3) is 0.222. The molecule has 0 saturated carbocycles. The van der Waals surface area contributed by atoms with Crippen molar-refractivity contribution in [1.82, 2.24) is 20.6 Å². The van der Waals surface area contributed by atoms with Gasteiger partial charge in [0.1, 0.15) is 0 Å². The number of rotatable bonds is 2. The number of hydrogen-bond acceptors (Lipinski definition) is 4. The first-order valence-electron chi connectivity index (χ1n) is 4.57. The molecule has 5 nitrogen and oxygen atoms in total. The molecule has 0 radical (unpaired) electrons. The molecular formula is C9H7F3N4O. The topological polar surface area (TPSA) is 74.7 Å². The summed E-state index contributed by atoms with van der Waals surface area (Å²) in [7, 11) is 0. The van der Waals surface area contributed by atoms with Crippen molar-refractivity contribution in [3.8, 4) is 11.4 Å². The van der Waals surface area contributed by atoms with Crippen molar-refractivity contribution in [1.29, 1.82) is 0 Å². The summed E-state index contributed by atoms with van der Waals surface area (Å²) in [5.74, 6) is 0.168. The van der Waals surface area contributed by atoms with E-state index in [4.69, 9.17) is 5.11 Å². The van der Waals surface area contributed by atoms with Crippen LogP contribution in [0.15, 0.2) is 24.3 Å². The van der Waals surface area contributed by atoms with Crippen LogP contribution in [0.2, 0.25) is 0 Å². The highest BCUT2D eigenvalue weighted by Gasteiger charge is 2.39. The summed E-state index contributed by atoms with van der Waals surface area (Å²) in [6, 6.07) is 5.26. The van der Waals surface area contributed by atoms with E-state index in [2.05, 4.69) is 20.6 Å². The lowest BCUT2D eigenvalue weighted by Gasteiger charge is -2.14. The van der Waals surface area contributed by atoms with Crippen molar-refractivity contribution >= 4 is 0 Å². The van der Waals surface area contributed by atoms with Gasteiger partial charge >= 0.3 is 6.18 Å². The van der Waals surface area contributed by atoms with Crippen LogP contribution in [-0.4, -0.2) is 31.9 Å². The number of aromatic nitrogens is 4. The molecule has 1 heterocycles. The van der Waals surface area contributed by atoms with Crippen LogP contribution in [0.4, 0.5) is 13.2 Å². The molecule has 2 aromatic rings. The molecule has 2 rings (SSSR count). The van der Waals surface area contributed by atoms with E-state index in [9.17, 15) is 13.2 Å². The number of aliphatic hydroxyl groups excluding tert-OH is 1. The van der Waals surface area contributed by atoms with Crippen LogP contribution in [-0.2, 0) is 0 Å². The minimum absolute atomic E-state index is 0.168. The molecule has 1 aromatic carbocycles. The van der Waals surface area contributed by atoms with Gasteiger partial charge in [0.2, 0.25) is 5.82 Å². The molecule has 0 unspecified atom stereocenters. The van der Waals surface area contributed by atoms with Crippen molar-refractivity contribution < 1.29 is 18.3 Å². The predicted octanol–water partition coefficient (Wildman–Crippen LogP) is 1.46. The van der Waals surface area contributed by atoms with Gasteiger partial charge in [0.15, 0.2) is 6.10 Å². The summed E-state index contributed by atoms with van der Waals surface area (Å²) in [6.45, 7) is 0. The number of benzene rings is 1. The molecular weight excluding hydrogens is 237 g/mol. The molecule has 2 N–H and O–H groups in total. The summed E-state index contributed by atoms with van der Waals surface area (Å²) < 4.78 is 36.9. The molecule has 8 heteroatoms. The van der Waals surface area contributed by atoms with Crippen LogP contribution < -0.4 is 0 Å². The normalized spacial score (nSPS) is 13.6. The van der Waals surface area contributed by atoms with Crippen LogP contribution in [0.1, 0.15) is 11.7 Å². The molecule has 0 saturated heterocycles. The van der Waals surface area contributed by atoms with Gasteiger partial charge in [-0.2, -0.15) is 18.4 Å². The van der Waals surface area contributed by atoms with Gasteiger partial charge < -0.3 is 5.11 Å². The van der Waals surface area contributed by atoms with Gasteiger partial charge in [-0.05, 0) is 16.8 Å². The summed E-state index contributed by atoms with van der Waals surface area (Å²) >= 11 is 0. The average Bonchev–Trinajstić information content (AvgIpc) is 2.80. The van der Waals surface area contributed by atoms with Crippen molar-refractivity contribution in [2.24, 2.45) is 0 Å². The molecule has 0 fully saturated rings. The lowest BCUT2D eigenvalue weighted by molar-refractivity contribution is -0.206. The molecule has 0 bridgehead atoms. The lowest BCUT2D eigenvalue weighted by atomic mass is 10.1. The van der Waals surface area contributed by atoms with Gasteiger partial charge in [0, 0.05) is 5.56 Å². The second-order valence-electron chi connectivity index (χ2n) is 3.31. The highest BCUT2D eigenvalue weighted by molar-refractivity contribution is 5.55. The summed E-state index contributed by atoms with van der Waals surface area (Å²) in [4.78, 5) is 0. The van der Waals surface area contributed by atoms with Gasteiger partial charge in [-0.1, -0.05) is 18.2 Å². The number of aliphatic hydroxyl groups is 1. The predicted molar refractivity (Wildman–Crippen MR) is 50.6 cm³/mol. The molecule has 0 amide bonds. The zero-order valence-electron chi connectivity index (χ0n) is 8.31. The Kier molecular flexibility index (Phi) is 2.80. The summed E-state index contributed by atoms with van der Waals surface area (Å²) in [5, 5.41) is 21.9. The first-order chi connectivity index (χ1) is 7.98. The Bertz CT molecular complexity index is 497. The first-order valence-corrected chi connectivity index (χ1v) is 4.57. The van der Waals surface area contributed by atoms with Gasteiger partial charge in [0.25, 0.3) is 0 Å². The Labute approximate surface area is 93.3 Å². The van der Waals surface area contributed by atoms with Crippen LogP contribution in [0.3, 0.4) is 0 Å². The second-order valence-corrected chi connectivity index (χ2v) is 3.31. The average molecular weight is 244 g/mol. The molecule has 0 spiro atoms. The fourth-order valence-electron chi connectivity index (χ4n) is 1.32. The van der Waals surface area contributed by atoms with E-state index in [-0.39, 0.29) is 11.4 Å². The van der Waals surface area contributed by atoms with Crippen LogP contribution in [0.25, 0.3) is 11.4 Å². The van der Waals surface area contributed by atoms with E-state index in [1.165, 1.54) is 24.3 Å². The third-order valence-electron chi connectivity index (χ3n) is 2.12. The molecule has 90 valence electrons. The van der Waals surface area contributed by atoms with Crippen LogP contribution >= 0.6 is 0 Å². The van der Waals surface area contributed by atoms with E-state index < -0.39 is 12.3 Å². The number of tetrazole rings is 1. The third kappa shape index (κ3) is 2.41. The largest absolute Gasteiger partial charge is 0.418 e. The Balaban J connectivity index is 2.36. The second kappa shape index (κ2) is 4.13. The SMILES string of the molecule is O[C@@H](c1cccc(-c2nn[nH]n2)c1)C(F)(F)F. The smallest absolute Gasteiger partial charge is 0.379 e. The fourth-order valence-corrected chi connectivity index (χ4v) is 1.32. The summed E-state index contributed by atoms with van der Waals surface area (Å²) in [5.41, 5.74) is 0.0827. The number of halogens is 3. The maximum absolute atomic E-state index is 12.3. The molecule has 0 aliphatic rings. The van der Waals surface area contributed by atoms with Crippen molar-refractivity contribution in [2.45, 2.75) is 12.3 Å². The maximum Gasteiger partial charge on any atom is 0.418 e. The van der Waals surface area contributed by atoms with E-state index in [1.54, 1.807) is 0 Å². The van der Waals surface area contributed by atoms with Crippen molar-refractivity contribution in [3.05, 3.63) is 29.8 Å². The Hall–Kier alpha value is -1.96. The molecule has 1 aromatic heterocycles. The first kappa shape index (κ1) is 11.5. The van der Waals surface area contributed by atoms with Gasteiger partial charge in [0.05, 0.1) is 0 Å². The summed E-state index contributed by atoms with van der Waals surface area (Å²) in [6.07, 6.45) is -7.22. The number of H-pyrrole nitrogens is 1. The number of nitrogens with one attached hydrogen (secondary N) is 1. The number of alkyl halides is 3. The highest BCUT2D eigenvalue weighted by atomic mass is 19.4. The minimum Gasteiger partial charge on any atom is -0.379 e. The quantitative estimate of drug-likeness (QED) is 0.838. The van der Waals surface area contributed by atoms with E-state index in [0.29, 0.717) is 5.56 Å².